The van der Waals surface area contributed by atoms with E-state index >= 15 is 0 Å². The molecular formula is C66H108. The lowest BCUT2D eigenvalue weighted by Crippen LogP contribution is -2.60. The summed E-state index contributed by atoms with van der Waals surface area (Å²) < 4.78 is 0. The van der Waals surface area contributed by atoms with Crippen LogP contribution in [-0.4, -0.2) is 0 Å². The maximum atomic E-state index is 3.04. The van der Waals surface area contributed by atoms with Crippen LogP contribution >= 0.6 is 0 Å². The fourth-order valence-electron chi connectivity index (χ4n) is 23.6. The molecule has 0 saturated heterocycles. The fourth-order valence-corrected chi connectivity index (χ4v) is 23.6. The second-order valence-electron chi connectivity index (χ2n) is 28.6. The van der Waals surface area contributed by atoms with E-state index < -0.39 is 0 Å². The van der Waals surface area contributed by atoms with Crippen LogP contribution in [0.3, 0.4) is 0 Å². The van der Waals surface area contributed by atoms with E-state index in [9.17, 15) is 0 Å². The standard InChI is InChI=1S/C66H108/c1-5-21-46(22-6-1)51-42-52(47-23-7-2-8-24-47)44-53(43-51)64-56-31-15-19-35-60(56)66(61-36-20-16-32-57(61)64)65-58-33-17-13-29-54(58)63(55-30-14-18-34-59(55)65)50-39-37-45(38-40-50)41-62(48-25-9-3-10-26-48)49-27-11-4-12-28-49/h41,45-61,63-66H,1-40,42-44H2. The third kappa shape index (κ3) is 9.59. The maximum absolute atomic E-state index is 3.04. The number of hydrogen-bond acceptors (Lipinski definition) is 0. The lowest BCUT2D eigenvalue weighted by Gasteiger charge is -2.66. The molecule has 12 aliphatic carbocycles. The smallest absolute Gasteiger partial charge is 0.0200 e. The van der Waals surface area contributed by atoms with Gasteiger partial charge in [0, 0.05) is 0 Å². The number of allylic oxidation sites excluding steroid dienone is 2. The third-order valence-corrected chi connectivity index (χ3v) is 25.8. The highest BCUT2D eigenvalue weighted by Crippen LogP contribution is 2.69. The largest absolute Gasteiger partial charge is 0.0817 e. The molecule has 0 aromatic carbocycles. The van der Waals surface area contributed by atoms with E-state index in [-0.39, 0.29) is 0 Å². The van der Waals surface area contributed by atoms with Crippen molar-refractivity contribution in [1.82, 2.24) is 0 Å². The van der Waals surface area contributed by atoms with Crippen molar-refractivity contribution in [3.8, 4) is 0 Å². The highest BCUT2D eigenvalue weighted by molar-refractivity contribution is 5.16. The van der Waals surface area contributed by atoms with E-state index in [2.05, 4.69) is 6.08 Å². The topological polar surface area (TPSA) is 0 Å². The van der Waals surface area contributed by atoms with E-state index in [0.717, 1.165) is 124 Å². The van der Waals surface area contributed by atoms with Crippen molar-refractivity contribution in [3.05, 3.63) is 11.6 Å². The second kappa shape index (κ2) is 21.8. The molecule has 0 radical (unpaired) electrons. The van der Waals surface area contributed by atoms with Gasteiger partial charge in [0.05, 0.1) is 0 Å². The summed E-state index contributed by atoms with van der Waals surface area (Å²) in [6.07, 6.45) is 71.4. The predicted molar refractivity (Wildman–Crippen MR) is 280 cm³/mol. The van der Waals surface area contributed by atoms with E-state index in [1.54, 1.807) is 212 Å². The average Bonchev–Trinajstić information content (AvgIpc) is 3.40. The Morgan fingerprint density at radius 1 is 0.212 bits per heavy atom. The summed E-state index contributed by atoms with van der Waals surface area (Å²) in [5.41, 5.74) is 2.03. The van der Waals surface area contributed by atoms with Crippen LogP contribution in [0.5, 0.6) is 0 Å². The Hall–Kier alpha value is -0.260. The lowest BCUT2D eigenvalue weighted by molar-refractivity contribution is -0.176. The van der Waals surface area contributed by atoms with Gasteiger partial charge in [-0.15, -0.1) is 0 Å². The summed E-state index contributed by atoms with van der Waals surface area (Å²) in [6, 6.07) is 0. The SMILES string of the molecule is C(=C(C1CCCCC1)C1CCCCC1)C1CCC(C2C3CCCCC3C(C3C4CCCCC4C(C4CC(C5CCCCC5)CC(C5CCCCC5)C4)C4CCCCC43)C3CCCCC32)CC1. The van der Waals surface area contributed by atoms with Gasteiger partial charge in [0.25, 0.3) is 0 Å². The molecule has 0 aromatic heterocycles. The zero-order valence-corrected chi connectivity index (χ0v) is 43.6. The summed E-state index contributed by atoms with van der Waals surface area (Å²) in [7, 11) is 0. The monoisotopic (exact) mass is 901 g/mol. The number of fused-ring (bicyclic) bond motifs is 4. The maximum Gasteiger partial charge on any atom is -0.0200 e. The van der Waals surface area contributed by atoms with Crippen molar-refractivity contribution in [2.75, 3.05) is 0 Å². The Morgan fingerprint density at radius 3 is 0.864 bits per heavy atom. The minimum absolute atomic E-state index is 0.919. The minimum atomic E-state index is 0.919. The lowest BCUT2D eigenvalue weighted by atomic mass is 9.39. The van der Waals surface area contributed by atoms with Gasteiger partial charge in [-0.3, -0.25) is 0 Å². The van der Waals surface area contributed by atoms with E-state index in [4.69, 9.17) is 0 Å². The van der Waals surface area contributed by atoms with E-state index in [0.29, 0.717) is 0 Å². The normalized spacial score (nSPS) is 47.1. The molecule has 12 saturated carbocycles. The number of rotatable bonds is 8. The van der Waals surface area contributed by atoms with Crippen LogP contribution in [0.2, 0.25) is 0 Å². The summed E-state index contributed by atoms with van der Waals surface area (Å²) in [5, 5.41) is 0. The Kier molecular flexibility index (Phi) is 15.5. The van der Waals surface area contributed by atoms with Crippen LogP contribution in [-0.2, 0) is 0 Å². The molecule has 372 valence electrons. The van der Waals surface area contributed by atoms with Crippen molar-refractivity contribution in [3.63, 3.8) is 0 Å². The van der Waals surface area contributed by atoms with Gasteiger partial charge in [0.15, 0.2) is 0 Å². The summed E-state index contributed by atoms with van der Waals surface area (Å²) >= 11 is 0. The van der Waals surface area contributed by atoms with Crippen LogP contribution < -0.4 is 0 Å². The zero-order chi connectivity index (χ0) is 43.8. The Bertz CT molecular complexity index is 1430. The molecule has 0 heterocycles. The molecule has 0 spiro atoms. The molecule has 0 amide bonds. The van der Waals surface area contributed by atoms with Gasteiger partial charge < -0.3 is 0 Å². The van der Waals surface area contributed by atoms with E-state index in [1.165, 1.54) is 64.2 Å². The molecule has 0 bridgehead atoms. The van der Waals surface area contributed by atoms with Crippen LogP contribution in [0.15, 0.2) is 11.6 Å². The highest BCUT2D eigenvalue weighted by Gasteiger charge is 2.62. The van der Waals surface area contributed by atoms with Crippen molar-refractivity contribution < 1.29 is 0 Å². The molecule has 0 aromatic rings. The number of hydrogen-bond donors (Lipinski definition) is 0. The summed E-state index contributed by atoms with van der Waals surface area (Å²) in [6.45, 7) is 0. The molecule has 0 aliphatic heterocycles. The Balaban J connectivity index is 0.817. The van der Waals surface area contributed by atoms with Crippen molar-refractivity contribution in [2.24, 2.45) is 124 Å². The van der Waals surface area contributed by atoms with Crippen LogP contribution in [0, 0.1) is 124 Å². The van der Waals surface area contributed by atoms with E-state index in [1.807, 2.05) is 5.57 Å². The predicted octanol–water partition coefficient (Wildman–Crippen LogP) is 19.8. The Labute approximate surface area is 410 Å². The summed E-state index contributed by atoms with van der Waals surface area (Å²) in [5.74, 6) is 22.8. The first-order chi connectivity index (χ1) is 32.8. The Morgan fingerprint density at radius 2 is 0.500 bits per heavy atom. The molecule has 0 N–H and O–H groups in total. The first-order valence-corrected chi connectivity index (χ1v) is 32.5. The molecule has 0 heteroatoms. The molecule has 12 rings (SSSR count). The first kappa shape index (κ1) is 46.8. The van der Waals surface area contributed by atoms with Gasteiger partial charge in [-0.1, -0.05) is 166 Å². The second-order valence-corrected chi connectivity index (χ2v) is 28.6. The average molecular weight is 902 g/mol. The fraction of sp³-hybridized carbons (Fsp3) is 0.970. The van der Waals surface area contributed by atoms with Crippen molar-refractivity contribution in [1.29, 1.82) is 0 Å². The molecule has 10 atom stereocenters. The molecule has 0 nitrogen and oxygen atoms in total. The van der Waals surface area contributed by atoms with Crippen molar-refractivity contribution >= 4 is 0 Å². The van der Waals surface area contributed by atoms with Gasteiger partial charge in [0.2, 0.25) is 0 Å². The zero-order valence-electron chi connectivity index (χ0n) is 43.6. The van der Waals surface area contributed by atoms with Gasteiger partial charge in [-0.25, -0.2) is 0 Å². The summed E-state index contributed by atoms with van der Waals surface area (Å²) in [4.78, 5) is 0. The van der Waals surface area contributed by atoms with Crippen LogP contribution in [0.1, 0.15) is 276 Å². The van der Waals surface area contributed by atoms with Crippen LogP contribution in [0.25, 0.3) is 0 Å². The van der Waals surface area contributed by atoms with Gasteiger partial charge in [0.1, 0.15) is 0 Å². The van der Waals surface area contributed by atoms with Crippen molar-refractivity contribution in [2.45, 2.75) is 276 Å². The highest BCUT2D eigenvalue weighted by atomic mass is 14.7. The first-order valence-electron chi connectivity index (χ1n) is 32.5. The van der Waals surface area contributed by atoms with Gasteiger partial charge >= 0.3 is 0 Å². The minimum Gasteiger partial charge on any atom is -0.0817 e. The molecule has 12 aliphatic rings. The molecule has 66 heavy (non-hydrogen) atoms. The molecule has 10 unspecified atom stereocenters. The molecular weight excluding hydrogens is 793 g/mol. The third-order valence-electron chi connectivity index (χ3n) is 25.8. The van der Waals surface area contributed by atoms with Crippen LogP contribution in [0.4, 0.5) is 0 Å². The molecule has 12 fully saturated rings. The van der Waals surface area contributed by atoms with Gasteiger partial charge in [-0.05, 0) is 246 Å². The van der Waals surface area contributed by atoms with Gasteiger partial charge in [-0.2, -0.15) is 0 Å². The quantitative estimate of drug-likeness (QED) is 0.213.